The van der Waals surface area contributed by atoms with E-state index in [9.17, 15) is 14.7 Å². The number of amides is 1. The molecule has 1 amide bonds. The third kappa shape index (κ3) is 6.87. The zero-order chi connectivity index (χ0) is 24.6. The Kier molecular flexibility index (Phi) is 8.45. The molecule has 1 atom stereocenters. The highest BCUT2D eigenvalue weighted by Gasteiger charge is 2.25. The minimum absolute atomic E-state index is 0.0843. The molecule has 2 aromatic rings. The van der Waals surface area contributed by atoms with Crippen LogP contribution >= 0.6 is 0 Å². The Morgan fingerprint density at radius 2 is 1.83 bits per heavy atom. The molecule has 4 rings (SSSR count). The minimum atomic E-state index is -0.775. The SMILES string of the molecule is COc1ccc(COc2nc(N3CCC[C@@H](CC(=O)O)C3)ccc2C(=O)NC2CCCCC2)cc1. The van der Waals surface area contributed by atoms with E-state index in [4.69, 9.17) is 14.5 Å². The largest absolute Gasteiger partial charge is 0.497 e. The smallest absolute Gasteiger partial charge is 0.303 e. The number of pyridine rings is 1. The van der Waals surface area contributed by atoms with Crippen molar-refractivity contribution in [2.75, 3.05) is 25.1 Å². The summed E-state index contributed by atoms with van der Waals surface area (Å²) in [5, 5.41) is 12.4. The number of carboxylic acids is 1. The molecule has 1 aromatic carbocycles. The van der Waals surface area contributed by atoms with Crippen molar-refractivity contribution in [2.24, 2.45) is 5.92 Å². The lowest BCUT2D eigenvalue weighted by atomic mass is 9.95. The molecule has 2 N–H and O–H groups in total. The van der Waals surface area contributed by atoms with Gasteiger partial charge < -0.3 is 24.8 Å². The molecule has 1 saturated carbocycles. The number of carbonyl (C=O) groups is 2. The fraction of sp³-hybridized carbons (Fsp3) is 0.519. The molecule has 1 aliphatic heterocycles. The van der Waals surface area contributed by atoms with Gasteiger partial charge in [0.2, 0.25) is 5.88 Å². The number of aromatic nitrogens is 1. The Labute approximate surface area is 206 Å². The first kappa shape index (κ1) is 24.8. The molecular weight excluding hydrogens is 446 g/mol. The summed E-state index contributed by atoms with van der Waals surface area (Å²) in [6.07, 6.45) is 7.44. The molecule has 0 radical (unpaired) electrons. The number of hydrogen-bond donors (Lipinski definition) is 2. The molecule has 8 heteroatoms. The number of ether oxygens (including phenoxy) is 2. The lowest BCUT2D eigenvalue weighted by Gasteiger charge is -2.33. The first-order valence-corrected chi connectivity index (χ1v) is 12.6. The summed E-state index contributed by atoms with van der Waals surface area (Å²) in [7, 11) is 1.62. The zero-order valence-corrected chi connectivity index (χ0v) is 20.4. The van der Waals surface area contributed by atoms with Crippen molar-refractivity contribution >= 4 is 17.7 Å². The summed E-state index contributed by atoms with van der Waals surface area (Å²) in [5.41, 5.74) is 1.36. The molecule has 35 heavy (non-hydrogen) atoms. The van der Waals surface area contributed by atoms with E-state index >= 15 is 0 Å². The number of hydrogen-bond acceptors (Lipinski definition) is 6. The minimum Gasteiger partial charge on any atom is -0.497 e. The molecule has 8 nitrogen and oxygen atoms in total. The maximum atomic E-state index is 13.2. The number of methoxy groups -OCH3 is 1. The molecule has 1 aromatic heterocycles. The lowest BCUT2D eigenvalue weighted by Crippen LogP contribution is -2.37. The first-order chi connectivity index (χ1) is 17.0. The quantitative estimate of drug-likeness (QED) is 0.547. The Bertz CT molecular complexity index is 1000. The van der Waals surface area contributed by atoms with Crippen LogP contribution in [-0.4, -0.2) is 48.2 Å². The van der Waals surface area contributed by atoms with Gasteiger partial charge >= 0.3 is 5.97 Å². The molecule has 2 aliphatic rings. The average Bonchev–Trinajstić information content (AvgIpc) is 2.88. The molecule has 1 saturated heterocycles. The number of rotatable bonds is 9. The average molecular weight is 482 g/mol. The van der Waals surface area contributed by atoms with Crippen molar-refractivity contribution in [1.82, 2.24) is 10.3 Å². The first-order valence-electron chi connectivity index (χ1n) is 12.6. The molecule has 188 valence electrons. The van der Waals surface area contributed by atoms with E-state index in [0.717, 1.165) is 56.4 Å². The topological polar surface area (TPSA) is 101 Å². The predicted octanol–water partition coefficient (Wildman–Crippen LogP) is 4.42. The van der Waals surface area contributed by atoms with Gasteiger partial charge in [-0.25, -0.2) is 0 Å². The van der Waals surface area contributed by atoms with Crippen molar-refractivity contribution in [3.63, 3.8) is 0 Å². The van der Waals surface area contributed by atoms with Gasteiger partial charge in [-0.05, 0) is 61.4 Å². The third-order valence-corrected chi connectivity index (χ3v) is 6.87. The summed E-state index contributed by atoms with van der Waals surface area (Å²) >= 11 is 0. The number of anilines is 1. The van der Waals surface area contributed by atoms with Gasteiger partial charge in [0.1, 0.15) is 23.7 Å². The number of piperidine rings is 1. The van der Waals surface area contributed by atoms with Crippen LogP contribution in [0.3, 0.4) is 0 Å². The van der Waals surface area contributed by atoms with Crippen molar-refractivity contribution in [3.8, 4) is 11.6 Å². The predicted molar refractivity (Wildman–Crippen MR) is 133 cm³/mol. The normalized spacial score (nSPS) is 18.7. The summed E-state index contributed by atoms with van der Waals surface area (Å²) in [6, 6.07) is 11.4. The maximum absolute atomic E-state index is 13.2. The number of benzene rings is 1. The third-order valence-electron chi connectivity index (χ3n) is 6.87. The Hall–Kier alpha value is -3.29. The van der Waals surface area contributed by atoms with E-state index in [1.165, 1.54) is 6.42 Å². The van der Waals surface area contributed by atoms with E-state index < -0.39 is 5.97 Å². The maximum Gasteiger partial charge on any atom is 0.303 e. The Morgan fingerprint density at radius 1 is 1.06 bits per heavy atom. The van der Waals surface area contributed by atoms with Gasteiger partial charge in [-0.1, -0.05) is 31.4 Å². The zero-order valence-electron chi connectivity index (χ0n) is 20.4. The van der Waals surface area contributed by atoms with Crippen molar-refractivity contribution in [3.05, 3.63) is 47.5 Å². The summed E-state index contributed by atoms with van der Waals surface area (Å²) < 4.78 is 11.3. The van der Waals surface area contributed by atoms with Crippen LogP contribution in [0.2, 0.25) is 0 Å². The van der Waals surface area contributed by atoms with Gasteiger partial charge in [0.15, 0.2) is 0 Å². The Balaban J connectivity index is 1.53. The fourth-order valence-corrected chi connectivity index (χ4v) is 4.96. The van der Waals surface area contributed by atoms with Crippen LogP contribution in [0, 0.1) is 5.92 Å². The standard InChI is InChI=1S/C27H35N3O5/c1-34-22-11-9-19(10-12-22)18-35-27-23(26(33)28-21-7-3-2-4-8-21)13-14-24(29-27)30-15-5-6-20(17-30)16-25(31)32/h9-14,20-21H,2-8,15-18H2,1H3,(H,28,33)(H,31,32)/t20-/m0/s1. The van der Waals surface area contributed by atoms with E-state index in [1.54, 1.807) is 13.2 Å². The lowest BCUT2D eigenvalue weighted by molar-refractivity contribution is -0.138. The highest BCUT2D eigenvalue weighted by Crippen LogP contribution is 2.28. The highest BCUT2D eigenvalue weighted by atomic mass is 16.5. The molecule has 1 aliphatic carbocycles. The number of carbonyl (C=O) groups excluding carboxylic acids is 1. The van der Waals surface area contributed by atoms with Crippen LogP contribution in [0.15, 0.2) is 36.4 Å². The number of carboxylic acid groups (broad SMARTS) is 1. The van der Waals surface area contributed by atoms with Gasteiger partial charge in [0, 0.05) is 25.6 Å². The summed E-state index contributed by atoms with van der Waals surface area (Å²) in [4.78, 5) is 31.2. The van der Waals surface area contributed by atoms with Crippen LogP contribution in [0.1, 0.15) is 67.3 Å². The van der Waals surface area contributed by atoms with E-state index in [-0.39, 0.29) is 30.9 Å². The van der Waals surface area contributed by atoms with Gasteiger partial charge in [-0.3, -0.25) is 9.59 Å². The van der Waals surface area contributed by atoms with Crippen LogP contribution in [0.5, 0.6) is 11.6 Å². The van der Waals surface area contributed by atoms with Gasteiger partial charge in [0.25, 0.3) is 5.91 Å². The second-order valence-corrected chi connectivity index (χ2v) is 9.52. The number of aliphatic carboxylic acids is 1. The molecule has 2 fully saturated rings. The molecule has 0 bridgehead atoms. The van der Waals surface area contributed by atoms with Crippen molar-refractivity contribution in [1.29, 1.82) is 0 Å². The van der Waals surface area contributed by atoms with Gasteiger partial charge in [-0.2, -0.15) is 4.98 Å². The van der Waals surface area contributed by atoms with Crippen LogP contribution in [-0.2, 0) is 11.4 Å². The molecule has 0 spiro atoms. The second-order valence-electron chi connectivity index (χ2n) is 9.52. The molecule has 0 unspecified atom stereocenters. The van der Waals surface area contributed by atoms with Gasteiger partial charge in [-0.15, -0.1) is 0 Å². The highest BCUT2D eigenvalue weighted by molar-refractivity contribution is 5.96. The Morgan fingerprint density at radius 3 is 2.54 bits per heavy atom. The van der Waals surface area contributed by atoms with Crippen molar-refractivity contribution in [2.45, 2.75) is 64.0 Å². The van der Waals surface area contributed by atoms with Crippen LogP contribution in [0.25, 0.3) is 0 Å². The molecule has 2 heterocycles. The van der Waals surface area contributed by atoms with Crippen LogP contribution in [0.4, 0.5) is 5.82 Å². The van der Waals surface area contributed by atoms with E-state index in [2.05, 4.69) is 10.2 Å². The van der Waals surface area contributed by atoms with Crippen LogP contribution < -0.4 is 19.7 Å². The molecular formula is C27H35N3O5. The fourth-order valence-electron chi connectivity index (χ4n) is 4.96. The summed E-state index contributed by atoms with van der Waals surface area (Å²) in [5.74, 6) is 0.917. The van der Waals surface area contributed by atoms with Crippen molar-refractivity contribution < 1.29 is 24.2 Å². The monoisotopic (exact) mass is 481 g/mol. The summed E-state index contributed by atoms with van der Waals surface area (Å²) in [6.45, 7) is 1.70. The van der Waals surface area contributed by atoms with E-state index in [1.807, 2.05) is 30.3 Å². The number of nitrogens with one attached hydrogen (secondary N) is 1. The van der Waals surface area contributed by atoms with E-state index in [0.29, 0.717) is 23.8 Å². The second kappa shape index (κ2) is 11.9. The van der Waals surface area contributed by atoms with Gasteiger partial charge in [0.05, 0.1) is 7.11 Å². The number of nitrogens with zero attached hydrogens (tertiary/aromatic N) is 2.